The molecule has 0 spiro atoms. The molecule has 5 aromatic carbocycles. The molecule has 0 saturated carbocycles. The number of amides is 1. The molecule has 6 atom stereocenters. The molecule has 4 aliphatic rings. The molecule has 2 fully saturated rings. The summed E-state index contributed by atoms with van der Waals surface area (Å²) in [6, 6.07) is 35.8. The molecule has 3 N–H and O–H groups in total. The molecule has 0 aromatic heterocycles. The third-order valence-corrected chi connectivity index (χ3v) is 14.8. The van der Waals surface area contributed by atoms with Crippen molar-refractivity contribution in [3.05, 3.63) is 177 Å². The van der Waals surface area contributed by atoms with Crippen molar-refractivity contribution in [3.63, 3.8) is 0 Å². The van der Waals surface area contributed by atoms with Crippen molar-refractivity contribution < 1.29 is 41.3 Å². The second kappa shape index (κ2) is 29.5. The van der Waals surface area contributed by atoms with Gasteiger partial charge in [0.25, 0.3) is 5.91 Å². The lowest BCUT2D eigenvalue weighted by molar-refractivity contribution is -0.0927. The topological polar surface area (TPSA) is 164 Å². The van der Waals surface area contributed by atoms with Crippen molar-refractivity contribution >= 4 is 39.8 Å². The molecular formula is C62H52F4N6O5S2. The number of nitriles is 2. The minimum Gasteiger partial charge on any atom is -0.379 e. The van der Waals surface area contributed by atoms with Gasteiger partial charge >= 0.3 is 0 Å². The van der Waals surface area contributed by atoms with Crippen molar-refractivity contribution in [1.82, 2.24) is 5.32 Å². The second-order valence-electron chi connectivity index (χ2n) is 17.8. The Morgan fingerprint density at radius 3 is 1.53 bits per heavy atom. The number of benzene rings is 5. The SMILES string of the molecule is C.C#CC#CC#CC#CC#C.N#Cc1cc([C@]23CO[C@@H](COCc4ccccc4)C[C@H]2CSC(N)=N3)c(F)cc1F.N#Cc1cc([C@]23CO[C@@H](COCc4ccccc4)C[C@H]2CSC(NC(=O)c2ccccc2)=N3)c(F)cc1F. The van der Waals surface area contributed by atoms with E-state index in [4.69, 9.17) is 42.5 Å². The van der Waals surface area contributed by atoms with Crippen LogP contribution in [-0.4, -0.2) is 66.4 Å². The molecule has 0 bridgehead atoms. The Hall–Kier alpha value is -8.25. The van der Waals surface area contributed by atoms with Gasteiger partial charge in [-0.25, -0.2) is 27.5 Å². The summed E-state index contributed by atoms with van der Waals surface area (Å²) in [6.45, 7) is 1.76. The standard InChI is InChI=1S/C29H25F2N3O3S.C22H21F2N3O2S.C10H2.CH4/c30-25-13-26(31)24(11-21(25)14-32)29-18-37-23(16-36-15-19-7-3-1-4-8-19)12-22(29)17-38-28(34-29)33-27(35)20-9-5-2-6-10-20;23-19-8-20(24)18(6-15(19)9-25)22-13-29-17(7-16(22)12-30-21(26)27-22)11-28-10-14-4-2-1-3-5-14;1-3-5-7-9-10-8-6-4-2;/h1-11,13,22-23H,12,15-18H2,(H,33,34,35);1-6,8,16-17H,7,10-13H2,(H2,26,27);1-2H;1H4/t22-,23+,29-;16-,17+,22-;;/m00../s1. The molecule has 0 aliphatic carbocycles. The average Bonchev–Trinajstić information content (AvgIpc) is 3.63. The molecule has 79 heavy (non-hydrogen) atoms. The van der Waals surface area contributed by atoms with Crippen molar-refractivity contribution in [2.75, 3.05) is 37.9 Å². The first-order chi connectivity index (χ1) is 37.9. The number of halogens is 4. The maximum atomic E-state index is 15.3. The Kier molecular flexibility index (Phi) is 22.4. The average molecular weight is 1100 g/mol. The normalized spacial score (nSPS) is 21.1. The van der Waals surface area contributed by atoms with Crippen LogP contribution in [0.15, 0.2) is 125 Å². The number of fused-ring (bicyclic) bond motifs is 2. The number of aliphatic imine (C=N–C) groups is 2. The maximum absolute atomic E-state index is 15.3. The zero-order valence-corrected chi connectivity index (χ0v) is 43.4. The number of hydrogen-bond acceptors (Lipinski definition) is 12. The number of ether oxygens (including phenoxy) is 4. The molecule has 4 aliphatic heterocycles. The van der Waals surface area contributed by atoms with Crippen LogP contribution in [-0.2, 0) is 43.2 Å². The van der Waals surface area contributed by atoms with E-state index in [-0.39, 0.29) is 72.8 Å². The summed E-state index contributed by atoms with van der Waals surface area (Å²) in [4.78, 5) is 22.2. The van der Waals surface area contributed by atoms with E-state index < -0.39 is 34.3 Å². The fourth-order valence-electron chi connectivity index (χ4n) is 9.02. The number of carbonyl (C=O) groups is 1. The van der Waals surface area contributed by atoms with Crippen LogP contribution < -0.4 is 11.1 Å². The van der Waals surface area contributed by atoms with Gasteiger partial charge in [-0.3, -0.25) is 4.79 Å². The molecule has 0 unspecified atom stereocenters. The van der Waals surface area contributed by atoms with Crippen molar-refractivity contribution in [1.29, 1.82) is 10.5 Å². The van der Waals surface area contributed by atoms with Crippen LogP contribution in [0.5, 0.6) is 0 Å². The molecule has 2 saturated heterocycles. The van der Waals surface area contributed by atoms with E-state index in [0.717, 1.165) is 17.2 Å². The van der Waals surface area contributed by atoms with Crippen LogP contribution in [0.25, 0.3) is 0 Å². The fourth-order valence-corrected chi connectivity index (χ4v) is 11.2. The molecule has 17 heteroatoms. The van der Waals surface area contributed by atoms with Crippen molar-refractivity contribution in [2.24, 2.45) is 27.6 Å². The lowest BCUT2D eigenvalue weighted by atomic mass is 9.74. The summed E-state index contributed by atoms with van der Waals surface area (Å²) < 4.78 is 82.0. The highest BCUT2D eigenvalue weighted by atomic mass is 32.2. The van der Waals surface area contributed by atoms with Crippen molar-refractivity contribution in [3.8, 4) is 72.3 Å². The van der Waals surface area contributed by atoms with Crippen molar-refractivity contribution in [2.45, 2.75) is 56.8 Å². The Morgan fingerprint density at radius 2 is 1.08 bits per heavy atom. The van der Waals surface area contributed by atoms with Gasteiger partial charge in [-0.15, -0.1) is 12.8 Å². The van der Waals surface area contributed by atoms with E-state index in [2.05, 4.69) is 57.7 Å². The number of nitrogens with one attached hydrogen (secondary N) is 1. The Labute approximate surface area is 466 Å². The lowest BCUT2D eigenvalue weighted by Gasteiger charge is -2.46. The van der Waals surface area contributed by atoms with Gasteiger partial charge in [-0.05, 0) is 95.6 Å². The van der Waals surface area contributed by atoms with Crippen LogP contribution in [0, 0.1) is 118 Å². The molecular weight excluding hydrogens is 1050 g/mol. The maximum Gasteiger partial charge on any atom is 0.257 e. The third-order valence-electron chi connectivity index (χ3n) is 12.8. The number of nitrogens with two attached hydrogens (primary N) is 1. The number of thioether (sulfide) groups is 2. The lowest BCUT2D eigenvalue weighted by Crippen LogP contribution is -2.52. The highest BCUT2D eigenvalue weighted by molar-refractivity contribution is 8.14. The van der Waals surface area contributed by atoms with E-state index in [1.165, 1.54) is 35.7 Å². The van der Waals surface area contributed by atoms with Crippen LogP contribution in [0.1, 0.15) is 64.0 Å². The quantitative estimate of drug-likeness (QED) is 0.0962. The molecule has 5 aromatic rings. The smallest absolute Gasteiger partial charge is 0.257 e. The summed E-state index contributed by atoms with van der Waals surface area (Å²) in [5, 5.41) is 22.1. The van der Waals surface area contributed by atoms with E-state index >= 15 is 4.39 Å². The highest BCUT2D eigenvalue weighted by Gasteiger charge is 2.51. The largest absolute Gasteiger partial charge is 0.379 e. The van der Waals surface area contributed by atoms with Gasteiger partial charge in [0, 0.05) is 52.2 Å². The van der Waals surface area contributed by atoms with E-state index in [1.807, 2.05) is 66.7 Å². The van der Waals surface area contributed by atoms with Crippen LogP contribution in [0.3, 0.4) is 0 Å². The molecule has 400 valence electrons. The highest BCUT2D eigenvalue weighted by Crippen LogP contribution is 2.49. The van der Waals surface area contributed by atoms with Gasteiger partial charge in [0.05, 0.1) is 63.0 Å². The van der Waals surface area contributed by atoms with Crippen LogP contribution in [0.4, 0.5) is 17.6 Å². The summed E-state index contributed by atoms with van der Waals surface area (Å²) >= 11 is 2.78. The summed E-state index contributed by atoms with van der Waals surface area (Å²) in [5.41, 5.74) is 5.98. The minimum absolute atomic E-state index is 0. The number of terminal acetylenes is 2. The third kappa shape index (κ3) is 15.7. The van der Waals surface area contributed by atoms with Gasteiger partial charge in [-0.1, -0.05) is 110 Å². The first kappa shape index (κ1) is 60.0. The first-order valence-electron chi connectivity index (χ1n) is 24.2. The Bertz CT molecular complexity index is 3360. The molecule has 4 heterocycles. The number of rotatable bonds is 11. The molecule has 0 radical (unpaired) electrons. The van der Waals surface area contributed by atoms with Gasteiger partial charge in [-0.2, -0.15) is 10.5 Å². The minimum atomic E-state index is -1.23. The predicted molar refractivity (Wildman–Crippen MR) is 299 cm³/mol. The molecule has 11 nitrogen and oxygen atoms in total. The van der Waals surface area contributed by atoms with Gasteiger partial charge in [0.2, 0.25) is 0 Å². The number of hydrogen-bond donors (Lipinski definition) is 2. The first-order valence-corrected chi connectivity index (χ1v) is 26.1. The van der Waals surface area contributed by atoms with E-state index in [9.17, 15) is 28.5 Å². The second-order valence-corrected chi connectivity index (χ2v) is 19.8. The zero-order valence-electron chi connectivity index (χ0n) is 41.7. The van der Waals surface area contributed by atoms with Gasteiger partial charge in [0.1, 0.15) is 46.5 Å². The molecule has 1 amide bonds. The van der Waals surface area contributed by atoms with E-state index in [0.29, 0.717) is 72.7 Å². The number of nitrogens with zero attached hydrogens (tertiary/aromatic N) is 4. The van der Waals surface area contributed by atoms with Crippen LogP contribution >= 0.6 is 23.5 Å². The predicted octanol–water partition coefficient (Wildman–Crippen LogP) is 9.80. The molecule has 9 rings (SSSR count). The van der Waals surface area contributed by atoms with Crippen LogP contribution in [0.2, 0.25) is 0 Å². The Morgan fingerprint density at radius 1 is 0.646 bits per heavy atom. The summed E-state index contributed by atoms with van der Waals surface area (Å²) in [7, 11) is 0. The Balaban J connectivity index is 0.000000219. The monoisotopic (exact) mass is 1100 g/mol. The fraction of sp³-hybridized carbons (Fsp3) is 0.274. The van der Waals surface area contributed by atoms with E-state index in [1.54, 1.807) is 36.4 Å². The van der Waals surface area contributed by atoms with Gasteiger partial charge < -0.3 is 30.0 Å². The summed E-state index contributed by atoms with van der Waals surface area (Å²) in [5.74, 6) is 15.5. The summed E-state index contributed by atoms with van der Waals surface area (Å²) in [6.07, 6.45) is 10.3. The number of carbonyl (C=O) groups excluding carboxylic acids is 1. The van der Waals surface area contributed by atoms with Gasteiger partial charge in [0.15, 0.2) is 10.3 Å². The zero-order chi connectivity index (χ0) is 55.3. The number of amidine groups is 2.